The van der Waals surface area contributed by atoms with E-state index in [0.717, 1.165) is 27.8 Å². The van der Waals surface area contributed by atoms with Crippen LogP contribution in [-0.4, -0.2) is 29.1 Å². The predicted molar refractivity (Wildman–Crippen MR) is 117 cm³/mol. The van der Waals surface area contributed by atoms with Crippen molar-refractivity contribution in [1.29, 1.82) is 0 Å². The van der Waals surface area contributed by atoms with Crippen LogP contribution in [0, 0.1) is 5.82 Å². The molecule has 29 heavy (non-hydrogen) atoms. The van der Waals surface area contributed by atoms with Gasteiger partial charge in [0.25, 0.3) is 0 Å². The number of fused-ring (bicyclic) bond motifs is 1. The Hall–Kier alpha value is -2.57. The quantitative estimate of drug-likeness (QED) is 0.261. The van der Waals surface area contributed by atoms with E-state index < -0.39 is 6.03 Å². The predicted octanol–water partition coefficient (Wildman–Crippen LogP) is 5.82. The average Bonchev–Trinajstić information content (AvgIpc) is 2.98. The normalized spacial score (nSPS) is 14.4. The third-order valence-corrected chi connectivity index (χ3v) is 5.93. The number of carbonyl (C=O) groups is 1. The lowest BCUT2D eigenvalue weighted by Crippen LogP contribution is -2.33. The second-order valence-corrected chi connectivity index (χ2v) is 7.90. The third kappa shape index (κ3) is 4.71. The number of amides is 2. The number of hydroxylamine groups is 2. The van der Waals surface area contributed by atoms with Gasteiger partial charge in [0.1, 0.15) is 5.82 Å². The van der Waals surface area contributed by atoms with Crippen LogP contribution in [0.3, 0.4) is 0 Å². The van der Waals surface area contributed by atoms with Crippen molar-refractivity contribution in [3.63, 3.8) is 0 Å². The molecule has 0 bridgehead atoms. The number of nitrogens with two attached hydrogens (primary N) is 1. The summed E-state index contributed by atoms with van der Waals surface area (Å²) in [6, 6.07) is 12.6. The summed E-state index contributed by atoms with van der Waals surface area (Å²) in [7, 11) is 0. The fraction of sp³-hybridized carbons (Fsp3) is 0.261. The van der Waals surface area contributed by atoms with Crippen molar-refractivity contribution in [3.8, 4) is 0 Å². The van der Waals surface area contributed by atoms with Gasteiger partial charge >= 0.3 is 6.03 Å². The van der Waals surface area contributed by atoms with Crippen molar-refractivity contribution in [2.75, 3.05) is 12.8 Å². The highest BCUT2D eigenvalue weighted by molar-refractivity contribution is 7.98. The molecular formula is C23H25FN2O2S. The van der Waals surface area contributed by atoms with Crippen molar-refractivity contribution in [3.05, 3.63) is 70.5 Å². The van der Waals surface area contributed by atoms with E-state index in [1.165, 1.54) is 11.0 Å². The highest BCUT2D eigenvalue weighted by atomic mass is 32.2. The molecule has 0 fully saturated rings. The zero-order valence-electron chi connectivity index (χ0n) is 16.6. The van der Waals surface area contributed by atoms with Crippen molar-refractivity contribution >= 4 is 35.0 Å². The molecule has 3 N–H and O–H groups in total. The van der Waals surface area contributed by atoms with Crippen LogP contribution in [0.4, 0.5) is 9.18 Å². The number of nitrogens with zero attached hydrogens (tertiary/aromatic N) is 1. The summed E-state index contributed by atoms with van der Waals surface area (Å²) in [5, 5.41) is 9.90. The lowest BCUT2D eigenvalue weighted by Gasteiger charge is -2.12. The molecule has 0 radical (unpaired) electrons. The number of allylic oxidation sites excluding steroid dienone is 3. The first kappa shape index (κ1) is 21.1. The zero-order chi connectivity index (χ0) is 21.0. The maximum atomic E-state index is 14.7. The lowest BCUT2D eigenvalue weighted by molar-refractivity contribution is -0.0401. The molecule has 2 amide bonds. The van der Waals surface area contributed by atoms with Crippen LogP contribution in [-0.2, 0) is 0 Å². The number of halogens is 1. The molecule has 0 unspecified atom stereocenters. The number of carbonyl (C=O) groups excluding carboxylic acids is 1. The van der Waals surface area contributed by atoms with Gasteiger partial charge in [-0.05, 0) is 84.6 Å². The molecule has 0 saturated heterocycles. The van der Waals surface area contributed by atoms with E-state index in [1.807, 2.05) is 19.2 Å². The number of urea groups is 1. The highest BCUT2D eigenvalue weighted by Crippen LogP contribution is 2.45. The molecule has 6 heteroatoms. The van der Waals surface area contributed by atoms with E-state index in [-0.39, 0.29) is 12.4 Å². The molecule has 0 heterocycles. The summed E-state index contributed by atoms with van der Waals surface area (Å²) in [6.45, 7) is 2.19. The Morgan fingerprint density at radius 1 is 1.21 bits per heavy atom. The number of hydrogen-bond acceptors (Lipinski definition) is 3. The number of thioether (sulfide) groups is 1. The van der Waals surface area contributed by atoms with Crippen molar-refractivity contribution in [2.45, 2.75) is 31.1 Å². The maximum Gasteiger partial charge on any atom is 0.338 e. The number of primary amides is 1. The SMILES string of the molecule is CSc1ccc(C=C2C(C)=C(CCCCN(O)C(N)=O)c3c(F)cccc32)cc1. The Labute approximate surface area is 174 Å². The minimum atomic E-state index is -0.865. The van der Waals surface area contributed by atoms with Gasteiger partial charge in [-0.1, -0.05) is 24.3 Å². The van der Waals surface area contributed by atoms with Crippen LogP contribution in [0.1, 0.15) is 42.9 Å². The van der Waals surface area contributed by atoms with Gasteiger partial charge in [0, 0.05) is 10.5 Å². The van der Waals surface area contributed by atoms with E-state index in [9.17, 15) is 14.4 Å². The minimum absolute atomic E-state index is 0.163. The Bertz CT molecular complexity index is 967. The van der Waals surface area contributed by atoms with Gasteiger partial charge in [0.15, 0.2) is 0 Å². The largest absolute Gasteiger partial charge is 0.350 e. The van der Waals surface area contributed by atoms with E-state index in [1.54, 1.807) is 17.8 Å². The Morgan fingerprint density at radius 3 is 2.59 bits per heavy atom. The van der Waals surface area contributed by atoms with Gasteiger partial charge in [-0.2, -0.15) is 0 Å². The van der Waals surface area contributed by atoms with Gasteiger partial charge in [-0.25, -0.2) is 14.2 Å². The van der Waals surface area contributed by atoms with E-state index in [0.29, 0.717) is 29.9 Å². The molecule has 2 aromatic carbocycles. The van der Waals surface area contributed by atoms with Gasteiger partial charge in [-0.15, -0.1) is 11.8 Å². The topological polar surface area (TPSA) is 66.6 Å². The zero-order valence-corrected chi connectivity index (χ0v) is 17.4. The molecule has 152 valence electrons. The van der Waals surface area contributed by atoms with Crippen LogP contribution >= 0.6 is 11.8 Å². The molecule has 3 rings (SSSR count). The number of unbranched alkanes of at least 4 members (excludes halogenated alkanes) is 1. The first-order chi connectivity index (χ1) is 13.9. The number of rotatable bonds is 7. The van der Waals surface area contributed by atoms with Crippen LogP contribution < -0.4 is 5.73 Å². The summed E-state index contributed by atoms with van der Waals surface area (Å²) in [4.78, 5) is 12.1. The minimum Gasteiger partial charge on any atom is -0.350 e. The van der Waals surface area contributed by atoms with Crippen LogP contribution in [0.25, 0.3) is 17.2 Å². The Morgan fingerprint density at radius 2 is 1.93 bits per heavy atom. The molecule has 2 aromatic rings. The summed E-state index contributed by atoms with van der Waals surface area (Å²) >= 11 is 1.70. The number of benzene rings is 2. The second-order valence-electron chi connectivity index (χ2n) is 7.02. The lowest BCUT2D eigenvalue weighted by atomic mass is 9.99. The van der Waals surface area contributed by atoms with Crippen molar-refractivity contribution in [1.82, 2.24) is 5.06 Å². The molecule has 4 nitrogen and oxygen atoms in total. The molecule has 1 aliphatic rings. The van der Waals surface area contributed by atoms with E-state index in [2.05, 4.69) is 30.3 Å². The summed E-state index contributed by atoms with van der Waals surface area (Å²) in [5.41, 5.74) is 10.7. The Kier molecular flexibility index (Phi) is 6.77. The van der Waals surface area contributed by atoms with Crippen LogP contribution in [0.15, 0.2) is 52.9 Å². The maximum absolute atomic E-state index is 14.7. The second kappa shape index (κ2) is 9.29. The summed E-state index contributed by atoms with van der Waals surface area (Å²) < 4.78 is 14.7. The molecule has 0 saturated carbocycles. The van der Waals surface area contributed by atoms with Gasteiger partial charge < -0.3 is 5.73 Å². The molecule has 0 aliphatic heterocycles. The van der Waals surface area contributed by atoms with Gasteiger partial charge in [0.2, 0.25) is 0 Å². The first-order valence-corrected chi connectivity index (χ1v) is 10.8. The van der Waals surface area contributed by atoms with Gasteiger partial charge in [0.05, 0.1) is 6.54 Å². The smallest absolute Gasteiger partial charge is 0.338 e. The average molecular weight is 413 g/mol. The fourth-order valence-electron chi connectivity index (χ4n) is 3.65. The van der Waals surface area contributed by atoms with Crippen molar-refractivity contribution in [2.24, 2.45) is 5.73 Å². The molecular weight excluding hydrogens is 387 g/mol. The third-order valence-electron chi connectivity index (χ3n) is 5.19. The summed E-state index contributed by atoms with van der Waals surface area (Å²) in [6.07, 6.45) is 6.10. The summed E-state index contributed by atoms with van der Waals surface area (Å²) in [5.74, 6) is -0.223. The van der Waals surface area contributed by atoms with Crippen LogP contribution in [0.5, 0.6) is 0 Å². The first-order valence-electron chi connectivity index (χ1n) is 9.53. The molecule has 0 spiro atoms. The highest BCUT2D eigenvalue weighted by Gasteiger charge is 2.26. The van der Waals surface area contributed by atoms with Crippen molar-refractivity contribution < 1.29 is 14.4 Å². The van der Waals surface area contributed by atoms with Gasteiger partial charge in [-0.3, -0.25) is 5.21 Å². The molecule has 0 atom stereocenters. The van der Waals surface area contributed by atoms with E-state index in [4.69, 9.17) is 5.73 Å². The van der Waals surface area contributed by atoms with E-state index >= 15 is 0 Å². The Balaban J connectivity index is 1.87. The number of hydrogen-bond donors (Lipinski definition) is 2. The monoisotopic (exact) mass is 412 g/mol. The standard InChI is InChI=1S/C23H25FN2O2S/c1-15-18(6-3-4-13-26(28)23(25)27)22-19(7-5-8-21(22)24)20(15)14-16-9-11-17(29-2)12-10-16/h5,7-12,14,28H,3-4,6,13H2,1-2H3,(H2,25,27). The molecule has 1 aliphatic carbocycles. The molecule has 0 aromatic heterocycles. The fourth-order valence-corrected chi connectivity index (χ4v) is 4.05. The van der Waals surface area contributed by atoms with Crippen LogP contribution in [0.2, 0.25) is 0 Å².